The molecule has 10 nitrogen and oxygen atoms in total. The highest BCUT2D eigenvalue weighted by Crippen LogP contribution is 2.31. The van der Waals surface area contributed by atoms with Crippen molar-refractivity contribution < 1.29 is 14.3 Å². The molecule has 4 rings (SSSR count). The molecule has 0 amide bonds. The molecule has 3 aromatic heterocycles. The molecule has 176 valence electrons. The molecule has 0 bridgehead atoms. The van der Waals surface area contributed by atoms with Gasteiger partial charge >= 0.3 is 6.09 Å². The first-order valence-corrected chi connectivity index (χ1v) is 11.0. The summed E-state index contributed by atoms with van der Waals surface area (Å²) < 4.78 is 14.1. The van der Waals surface area contributed by atoms with Crippen LogP contribution in [0.2, 0.25) is 0 Å². The molecule has 0 spiro atoms. The van der Waals surface area contributed by atoms with Gasteiger partial charge in [-0.3, -0.25) is 4.68 Å². The maximum Gasteiger partial charge on any atom is 0.437 e. The Kier molecular flexibility index (Phi) is 6.11. The van der Waals surface area contributed by atoms with Gasteiger partial charge < -0.3 is 19.7 Å². The van der Waals surface area contributed by atoms with E-state index in [1.165, 1.54) is 4.68 Å². The monoisotopic (exact) mass is 453 g/mol. The summed E-state index contributed by atoms with van der Waals surface area (Å²) in [6, 6.07) is 5.92. The van der Waals surface area contributed by atoms with Gasteiger partial charge in [-0.1, -0.05) is 0 Å². The molecule has 1 atom stereocenters. The smallest absolute Gasteiger partial charge is 0.437 e. The van der Waals surface area contributed by atoms with Gasteiger partial charge in [0.1, 0.15) is 23.1 Å². The van der Waals surface area contributed by atoms with Crippen molar-refractivity contribution in [2.45, 2.75) is 46.3 Å². The Morgan fingerprint density at radius 2 is 2.06 bits per heavy atom. The van der Waals surface area contributed by atoms with Gasteiger partial charge in [0.25, 0.3) is 0 Å². The molecule has 1 aliphatic heterocycles. The number of hydrogen-bond donors (Lipinski definition) is 1. The van der Waals surface area contributed by atoms with Gasteiger partial charge in [0.2, 0.25) is 0 Å². The molecule has 1 fully saturated rings. The number of ether oxygens (including phenoxy) is 2. The Morgan fingerprint density at radius 3 is 2.73 bits per heavy atom. The predicted molar refractivity (Wildman–Crippen MR) is 126 cm³/mol. The van der Waals surface area contributed by atoms with E-state index < -0.39 is 11.7 Å². The standard InChI is InChI=1S/C23H31N7O3/c1-15-13-25-28(6)21(15)17-11-18(27-20(12-17)29-9-10-32-14-16(29)2)26-19-7-8-24-30(19)22(31)33-23(3,4)5/h7-8,11-13,16H,9-10,14H2,1-6H3,(H,26,27). The second-order valence-electron chi connectivity index (χ2n) is 9.25. The second-order valence-corrected chi connectivity index (χ2v) is 9.25. The number of aryl methyl sites for hydroxylation is 2. The molecular weight excluding hydrogens is 422 g/mol. The number of aromatic nitrogens is 5. The van der Waals surface area contributed by atoms with Crippen LogP contribution in [0.15, 0.2) is 30.6 Å². The maximum absolute atomic E-state index is 12.6. The van der Waals surface area contributed by atoms with Crippen molar-refractivity contribution in [1.29, 1.82) is 0 Å². The van der Waals surface area contributed by atoms with E-state index in [-0.39, 0.29) is 6.04 Å². The number of morpholine rings is 1. The fourth-order valence-electron chi connectivity index (χ4n) is 3.87. The Morgan fingerprint density at radius 1 is 1.27 bits per heavy atom. The highest BCUT2D eigenvalue weighted by Gasteiger charge is 2.24. The Balaban J connectivity index is 1.73. The number of nitrogens with zero attached hydrogens (tertiary/aromatic N) is 6. The van der Waals surface area contributed by atoms with Crippen LogP contribution in [0.4, 0.5) is 22.2 Å². The zero-order valence-electron chi connectivity index (χ0n) is 20.0. The molecule has 0 aromatic carbocycles. The first-order chi connectivity index (χ1) is 15.6. The number of nitrogens with one attached hydrogen (secondary N) is 1. The quantitative estimate of drug-likeness (QED) is 0.638. The summed E-state index contributed by atoms with van der Waals surface area (Å²) in [7, 11) is 1.92. The molecule has 1 unspecified atom stereocenters. The number of carbonyl (C=O) groups excluding carboxylic acids is 1. The highest BCUT2D eigenvalue weighted by atomic mass is 16.6. The van der Waals surface area contributed by atoms with Gasteiger partial charge in [0, 0.05) is 25.2 Å². The second kappa shape index (κ2) is 8.86. The summed E-state index contributed by atoms with van der Waals surface area (Å²) in [6.45, 7) is 11.6. The first-order valence-electron chi connectivity index (χ1n) is 11.0. The average molecular weight is 454 g/mol. The lowest BCUT2D eigenvalue weighted by Gasteiger charge is -2.34. The molecular formula is C23H31N7O3. The summed E-state index contributed by atoms with van der Waals surface area (Å²) in [4.78, 5) is 19.7. The van der Waals surface area contributed by atoms with E-state index in [1.54, 1.807) is 12.3 Å². The Labute approximate surface area is 193 Å². The number of anilines is 3. The SMILES string of the molecule is Cc1cnn(C)c1-c1cc(Nc2ccnn2C(=O)OC(C)(C)C)nc(N2CCOCC2C)c1. The van der Waals surface area contributed by atoms with Crippen molar-refractivity contribution in [3.63, 3.8) is 0 Å². The molecule has 0 radical (unpaired) electrons. The fourth-order valence-corrected chi connectivity index (χ4v) is 3.87. The number of rotatable bonds is 4. The van der Waals surface area contributed by atoms with Gasteiger partial charge in [-0.15, -0.1) is 4.68 Å². The molecule has 0 aliphatic carbocycles. The largest absolute Gasteiger partial charge is 0.442 e. The molecule has 1 saturated heterocycles. The van der Waals surface area contributed by atoms with E-state index in [2.05, 4.69) is 33.4 Å². The molecule has 10 heteroatoms. The third kappa shape index (κ3) is 5.00. The number of pyridine rings is 1. The molecule has 1 N–H and O–H groups in total. The molecule has 3 aromatic rings. The van der Waals surface area contributed by atoms with E-state index in [4.69, 9.17) is 14.5 Å². The summed E-state index contributed by atoms with van der Waals surface area (Å²) in [5, 5.41) is 11.8. The van der Waals surface area contributed by atoms with E-state index in [1.807, 2.05) is 51.7 Å². The van der Waals surface area contributed by atoms with Crippen molar-refractivity contribution in [3.05, 3.63) is 36.2 Å². The number of hydrogen-bond acceptors (Lipinski definition) is 8. The zero-order chi connectivity index (χ0) is 23.8. The highest BCUT2D eigenvalue weighted by molar-refractivity contribution is 5.77. The number of carbonyl (C=O) groups is 1. The van der Waals surface area contributed by atoms with Crippen molar-refractivity contribution in [2.75, 3.05) is 30.0 Å². The van der Waals surface area contributed by atoms with Crippen molar-refractivity contribution in [1.82, 2.24) is 24.5 Å². The van der Waals surface area contributed by atoms with Crippen LogP contribution in [0.5, 0.6) is 0 Å². The summed E-state index contributed by atoms with van der Waals surface area (Å²) >= 11 is 0. The average Bonchev–Trinajstić information content (AvgIpc) is 3.33. The molecule has 4 heterocycles. The lowest BCUT2D eigenvalue weighted by atomic mass is 10.1. The van der Waals surface area contributed by atoms with Crippen molar-refractivity contribution in [2.24, 2.45) is 7.05 Å². The van der Waals surface area contributed by atoms with E-state index in [0.717, 1.165) is 29.2 Å². The van der Waals surface area contributed by atoms with Crippen LogP contribution in [0.1, 0.15) is 33.3 Å². The minimum atomic E-state index is -0.630. The van der Waals surface area contributed by atoms with Crippen molar-refractivity contribution in [3.8, 4) is 11.3 Å². The zero-order valence-corrected chi connectivity index (χ0v) is 20.0. The normalized spacial score (nSPS) is 16.7. The molecule has 0 saturated carbocycles. The summed E-state index contributed by atoms with van der Waals surface area (Å²) in [5.74, 6) is 1.89. The minimum Gasteiger partial charge on any atom is -0.442 e. The van der Waals surface area contributed by atoms with Gasteiger partial charge in [0.05, 0.1) is 37.3 Å². The third-order valence-corrected chi connectivity index (χ3v) is 5.33. The van der Waals surface area contributed by atoms with Crippen LogP contribution >= 0.6 is 0 Å². The van der Waals surface area contributed by atoms with Gasteiger partial charge in [-0.25, -0.2) is 9.78 Å². The van der Waals surface area contributed by atoms with Crippen molar-refractivity contribution >= 4 is 23.5 Å². The Bertz CT molecular complexity index is 1130. The van der Waals surface area contributed by atoms with Gasteiger partial charge in [-0.2, -0.15) is 10.2 Å². The van der Waals surface area contributed by atoms with Gasteiger partial charge in [-0.05, 0) is 52.3 Å². The maximum atomic E-state index is 12.6. The van der Waals surface area contributed by atoms with E-state index in [0.29, 0.717) is 24.8 Å². The Hall–Kier alpha value is -3.40. The third-order valence-electron chi connectivity index (χ3n) is 5.33. The fraction of sp³-hybridized carbons (Fsp3) is 0.478. The van der Waals surface area contributed by atoms with Crippen LogP contribution in [0, 0.1) is 6.92 Å². The first kappa shape index (κ1) is 22.8. The predicted octanol–water partition coefficient (Wildman–Crippen LogP) is 3.74. The lowest BCUT2D eigenvalue weighted by molar-refractivity contribution is 0.0519. The van der Waals surface area contributed by atoms with Crippen LogP contribution in [-0.4, -0.2) is 62.0 Å². The van der Waals surface area contributed by atoms with Gasteiger partial charge in [0.15, 0.2) is 0 Å². The summed E-state index contributed by atoms with van der Waals surface area (Å²) in [5.41, 5.74) is 2.41. The van der Waals surface area contributed by atoms with Crippen LogP contribution in [0.25, 0.3) is 11.3 Å². The topological polar surface area (TPSA) is 99.3 Å². The van der Waals surface area contributed by atoms with E-state index >= 15 is 0 Å². The minimum absolute atomic E-state index is 0.189. The van der Waals surface area contributed by atoms with Crippen LogP contribution in [-0.2, 0) is 16.5 Å². The van der Waals surface area contributed by atoms with E-state index in [9.17, 15) is 4.79 Å². The van der Waals surface area contributed by atoms with Crippen LogP contribution in [0.3, 0.4) is 0 Å². The molecule has 33 heavy (non-hydrogen) atoms. The molecule has 1 aliphatic rings. The van der Waals surface area contributed by atoms with Crippen LogP contribution < -0.4 is 10.2 Å². The summed E-state index contributed by atoms with van der Waals surface area (Å²) in [6.07, 6.45) is 2.83. The lowest BCUT2D eigenvalue weighted by Crippen LogP contribution is -2.44.